The summed E-state index contributed by atoms with van der Waals surface area (Å²) in [6.07, 6.45) is 4.47. The number of nitrogens with one attached hydrogen (secondary N) is 1. The third kappa shape index (κ3) is 3.57. The molecule has 0 radical (unpaired) electrons. The molecular formula is C16H18N2O2. The molecule has 4 nitrogen and oxygen atoms in total. The van der Waals surface area contributed by atoms with Crippen LogP contribution < -0.4 is 10.0 Å². The van der Waals surface area contributed by atoms with E-state index in [0.717, 1.165) is 18.4 Å². The van der Waals surface area contributed by atoms with E-state index in [-0.39, 0.29) is 11.9 Å². The largest absolute Gasteiger partial charge is 0.619 e. The summed E-state index contributed by atoms with van der Waals surface area (Å²) in [6.45, 7) is 2.08. The van der Waals surface area contributed by atoms with Gasteiger partial charge in [0, 0.05) is 6.07 Å². The van der Waals surface area contributed by atoms with Crippen LogP contribution >= 0.6 is 0 Å². The molecule has 0 aliphatic heterocycles. The van der Waals surface area contributed by atoms with Crippen LogP contribution in [0.3, 0.4) is 0 Å². The Hall–Kier alpha value is -2.36. The van der Waals surface area contributed by atoms with Crippen LogP contribution in [0.1, 0.15) is 41.7 Å². The molecule has 0 bridgehead atoms. The first-order chi connectivity index (χ1) is 9.70. The fraction of sp³-hybridized carbons (Fsp3) is 0.250. The van der Waals surface area contributed by atoms with Gasteiger partial charge in [-0.15, -0.1) is 0 Å². The molecule has 20 heavy (non-hydrogen) atoms. The van der Waals surface area contributed by atoms with Gasteiger partial charge >= 0.3 is 0 Å². The van der Waals surface area contributed by atoms with Crippen molar-refractivity contribution < 1.29 is 9.52 Å². The van der Waals surface area contributed by atoms with Gasteiger partial charge in [0.25, 0.3) is 5.91 Å². The van der Waals surface area contributed by atoms with Crippen LogP contribution in [-0.2, 0) is 0 Å². The van der Waals surface area contributed by atoms with Crippen LogP contribution in [0.15, 0.2) is 54.9 Å². The van der Waals surface area contributed by atoms with E-state index in [1.165, 1.54) is 12.4 Å². The molecule has 104 valence electrons. The molecular weight excluding hydrogens is 252 g/mol. The molecule has 0 aliphatic rings. The van der Waals surface area contributed by atoms with Crippen molar-refractivity contribution in [1.82, 2.24) is 5.32 Å². The highest BCUT2D eigenvalue weighted by Crippen LogP contribution is 2.18. The third-order valence-electron chi connectivity index (χ3n) is 3.12. The van der Waals surface area contributed by atoms with Gasteiger partial charge in [-0.2, -0.15) is 4.73 Å². The van der Waals surface area contributed by atoms with E-state index in [4.69, 9.17) is 0 Å². The Kier molecular flexibility index (Phi) is 4.71. The van der Waals surface area contributed by atoms with Crippen molar-refractivity contribution in [2.24, 2.45) is 0 Å². The van der Waals surface area contributed by atoms with Gasteiger partial charge in [0.15, 0.2) is 12.4 Å². The molecule has 0 fully saturated rings. The van der Waals surface area contributed by atoms with Gasteiger partial charge in [-0.1, -0.05) is 43.7 Å². The van der Waals surface area contributed by atoms with E-state index in [1.54, 1.807) is 12.1 Å². The smallest absolute Gasteiger partial charge is 0.257 e. The van der Waals surface area contributed by atoms with E-state index in [1.807, 2.05) is 30.3 Å². The highest BCUT2D eigenvalue weighted by atomic mass is 16.5. The van der Waals surface area contributed by atoms with Crippen molar-refractivity contribution in [3.8, 4) is 0 Å². The zero-order valence-corrected chi connectivity index (χ0v) is 11.5. The lowest BCUT2D eigenvalue weighted by Gasteiger charge is -2.18. The predicted octanol–water partition coefficient (Wildman–Crippen LogP) is 2.59. The molecule has 0 saturated heterocycles. The molecule has 1 aromatic carbocycles. The van der Waals surface area contributed by atoms with Crippen molar-refractivity contribution in [1.29, 1.82) is 0 Å². The Bertz CT molecular complexity index is 570. The Labute approximate surface area is 118 Å². The maximum atomic E-state index is 12.2. The highest BCUT2D eigenvalue weighted by Gasteiger charge is 2.16. The number of pyridine rings is 1. The maximum Gasteiger partial charge on any atom is 0.257 e. The quantitative estimate of drug-likeness (QED) is 0.670. The molecule has 1 aromatic heterocycles. The van der Waals surface area contributed by atoms with Crippen molar-refractivity contribution >= 4 is 5.91 Å². The van der Waals surface area contributed by atoms with Gasteiger partial charge < -0.3 is 10.5 Å². The van der Waals surface area contributed by atoms with E-state index in [0.29, 0.717) is 10.3 Å². The van der Waals surface area contributed by atoms with Crippen LogP contribution in [-0.4, -0.2) is 5.91 Å². The number of nitrogens with zero attached hydrogens (tertiary/aromatic N) is 1. The number of hydrogen-bond donors (Lipinski definition) is 1. The van der Waals surface area contributed by atoms with Gasteiger partial charge in [0.1, 0.15) is 5.56 Å². The van der Waals surface area contributed by atoms with Crippen LogP contribution in [0.5, 0.6) is 0 Å². The average molecular weight is 270 g/mol. The average Bonchev–Trinajstić information content (AvgIpc) is 2.47. The SMILES string of the molecule is CCC[C@H](NC(=O)c1ccc[n+]([O-])c1)c1ccccc1. The molecule has 0 spiro atoms. The normalized spacial score (nSPS) is 11.8. The van der Waals surface area contributed by atoms with Gasteiger partial charge in [0.05, 0.1) is 6.04 Å². The summed E-state index contributed by atoms with van der Waals surface area (Å²) in [6, 6.07) is 13.0. The highest BCUT2D eigenvalue weighted by molar-refractivity contribution is 5.93. The van der Waals surface area contributed by atoms with Crippen molar-refractivity contribution in [2.45, 2.75) is 25.8 Å². The molecule has 1 amide bonds. The number of hydrogen-bond acceptors (Lipinski definition) is 2. The number of aromatic nitrogens is 1. The molecule has 1 N–H and O–H groups in total. The lowest BCUT2D eigenvalue weighted by atomic mass is 10.0. The summed E-state index contributed by atoms with van der Waals surface area (Å²) in [7, 11) is 0. The Balaban J connectivity index is 2.14. The minimum absolute atomic E-state index is 0.0333. The monoisotopic (exact) mass is 270 g/mol. The fourth-order valence-corrected chi connectivity index (χ4v) is 2.13. The second-order valence-corrected chi connectivity index (χ2v) is 4.68. The van der Waals surface area contributed by atoms with Crippen LogP contribution in [0.25, 0.3) is 0 Å². The van der Waals surface area contributed by atoms with Crippen LogP contribution in [0.2, 0.25) is 0 Å². The zero-order valence-electron chi connectivity index (χ0n) is 11.5. The molecule has 0 saturated carbocycles. The summed E-state index contributed by atoms with van der Waals surface area (Å²) < 4.78 is 0.631. The number of carbonyl (C=O) groups excluding carboxylic acids is 1. The van der Waals surface area contributed by atoms with Crippen LogP contribution in [0, 0.1) is 5.21 Å². The van der Waals surface area contributed by atoms with Gasteiger partial charge in [-0.05, 0) is 18.1 Å². The lowest BCUT2D eigenvalue weighted by Crippen LogP contribution is -2.32. The van der Waals surface area contributed by atoms with E-state index in [9.17, 15) is 10.0 Å². The summed E-state index contributed by atoms with van der Waals surface area (Å²) in [5.74, 6) is -0.225. The van der Waals surface area contributed by atoms with Crippen LogP contribution in [0.4, 0.5) is 0 Å². The molecule has 0 unspecified atom stereocenters. The Morgan fingerprint density at radius 3 is 2.65 bits per heavy atom. The number of amides is 1. The topological polar surface area (TPSA) is 56.0 Å². The fourth-order valence-electron chi connectivity index (χ4n) is 2.13. The molecule has 2 aromatic rings. The molecule has 2 rings (SSSR count). The Morgan fingerprint density at radius 1 is 1.25 bits per heavy atom. The van der Waals surface area contributed by atoms with E-state index < -0.39 is 0 Å². The molecule has 0 aliphatic carbocycles. The Morgan fingerprint density at radius 2 is 2.00 bits per heavy atom. The van der Waals surface area contributed by atoms with E-state index in [2.05, 4.69) is 12.2 Å². The summed E-state index contributed by atoms with van der Waals surface area (Å²) in [5.41, 5.74) is 1.45. The summed E-state index contributed by atoms with van der Waals surface area (Å²) >= 11 is 0. The minimum atomic E-state index is -0.225. The number of carbonyl (C=O) groups is 1. The minimum Gasteiger partial charge on any atom is -0.619 e. The van der Waals surface area contributed by atoms with Gasteiger partial charge in [-0.25, -0.2) is 0 Å². The lowest BCUT2D eigenvalue weighted by molar-refractivity contribution is -0.605. The first-order valence-corrected chi connectivity index (χ1v) is 6.75. The van der Waals surface area contributed by atoms with Gasteiger partial charge in [0.2, 0.25) is 0 Å². The molecule has 1 heterocycles. The second-order valence-electron chi connectivity index (χ2n) is 4.68. The van der Waals surface area contributed by atoms with Gasteiger partial charge in [-0.3, -0.25) is 4.79 Å². The number of rotatable bonds is 5. The molecule has 1 atom stereocenters. The second kappa shape index (κ2) is 6.70. The van der Waals surface area contributed by atoms with Crippen molar-refractivity contribution in [3.05, 3.63) is 71.2 Å². The van der Waals surface area contributed by atoms with Crippen molar-refractivity contribution in [2.75, 3.05) is 0 Å². The van der Waals surface area contributed by atoms with E-state index >= 15 is 0 Å². The molecule has 4 heteroatoms. The number of benzene rings is 1. The first kappa shape index (κ1) is 14.1. The maximum absolute atomic E-state index is 12.2. The van der Waals surface area contributed by atoms with Crippen molar-refractivity contribution in [3.63, 3.8) is 0 Å². The summed E-state index contributed by atoms with van der Waals surface area (Å²) in [4.78, 5) is 12.2. The zero-order chi connectivity index (χ0) is 14.4. The third-order valence-corrected chi connectivity index (χ3v) is 3.12. The predicted molar refractivity (Wildman–Crippen MR) is 77.0 cm³/mol. The standard InChI is InChI=1S/C16H18N2O2/c1-2-7-15(13-8-4-3-5-9-13)17-16(19)14-10-6-11-18(20)12-14/h3-6,8-12,15H,2,7H2,1H3,(H,17,19)/t15-/m0/s1. The first-order valence-electron chi connectivity index (χ1n) is 6.75. The summed E-state index contributed by atoms with van der Waals surface area (Å²) in [5, 5.41) is 14.2.